The summed E-state index contributed by atoms with van der Waals surface area (Å²) in [4.78, 5) is 19.4. The summed E-state index contributed by atoms with van der Waals surface area (Å²) in [7, 11) is 3.53. The summed E-state index contributed by atoms with van der Waals surface area (Å²) in [5.41, 5.74) is -1.02. The van der Waals surface area contributed by atoms with Gasteiger partial charge in [-0.3, -0.25) is 9.78 Å². The fourth-order valence-corrected chi connectivity index (χ4v) is 4.78. The molecule has 0 atom stereocenters. The molecule has 198 valence electrons. The molecular weight excluding hydrogens is 493 g/mol. The Hall–Kier alpha value is -3.47. The molecule has 2 N–H and O–H groups in total. The van der Waals surface area contributed by atoms with E-state index in [1.165, 1.54) is 12.3 Å². The van der Waals surface area contributed by atoms with Crippen molar-refractivity contribution in [3.05, 3.63) is 71.6 Å². The van der Waals surface area contributed by atoms with Crippen LogP contribution in [0.4, 0.5) is 27.6 Å². The molecule has 1 aliphatic heterocycles. The first-order valence-electron chi connectivity index (χ1n) is 11.9. The van der Waals surface area contributed by atoms with Crippen molar-refractivity contribution in [2.24, 2.45) is 7.05 Å². The van der Waals surface area contributed by atoms with Crippen LogP contribution < -0.4 is 15.5 Å². The predicted molar refractivity (Wildman–Crippen MR) is 130 cm³/mol. The molecule has 37 heavy (non-hydrogen) atoms. The van der Waals surface area contributed by atoms with Gasteiger partial charge in [0.1, 0.15) is 11.5 Å². The van der Waals surface area contributed by atoms with E-state index in [0.717, 1.165) is 12.1 Å². The van der Waals surface area contributed by atoms with Crippen molar-refractivity contribution in [2.45, 2.75) is 24.4 Å². The number of halogens is 5. The smallest absolute Gasteiger partial charge is 0.369 e. The van der Waals surface area contributed by atoms with Crippen molar-refractivity contribution in [3.8, 4) is 11.4 Å². The van der Waals surface area contributed by atoms with E-state index in [9.17, 15) is 22.4 Å². The molecule has 1 saturated heterocycles. The number of nitrogens with zero attached hydrogens (tertiary/aromatic N) is 3. The molecule has 1 fully saturated rings. The number of nitrogens with one attached hydrogen (secondary N) is 2. The maximum Gasteiger partial charge on any atom is 0.416 e. The lowest BCUT2D eigenvalue weighted by atomic mass is 9.72. The van der Waals surface area contributed by atoms with Crippen molar-refractivity contribution in [2.75, 3.05) is 38.1 Å². The lowest BCUT2D eigenvalue weighted by molar-refractivity contribution is -0.137. The Kier molecular flexibility index (Phi) is 7.54. The fourth-order valence-electron chi connectivity index (χ4n) is 4.78. The molecule has 0 saturated carbocycles. The van der Waals surface area contributed by atoms with Crippen molar-refractivity contribution in [1.82, 2.24) is 20.2 Å². The molecule has 4 rings (SSSR count). The van der Waals surface area contributed by atoms with Crippen molar-refractivity contribution in [3.63, 3.8) is 0 Å². The minimum Gasteiger partial charge on any atom is -0.369 e. The number of hydrogen-bond donors (Lipinski definition) is 2. The summed E-state index contributed by atoms with van der Waals surface area (Å²) in [6.07, 6.45) is -0.980. The van der Waals surface area contributed by atoms with E-state index in [4.69, 9.17) is 0 Å². The van der Waals surface area contributed by atoms with Crippen LogP contribution in [0.1, 0.15) is 24.0 Å². The highest BCUT2D eigenvalue weighted by molar-refractivity contribution is 5.88. The van der Waals surface area contributed by atoms with Gasteiger partial charge in [-0.15, -0.1) is 0 Å². The first kappa shape index (κ1) is 26.6. The largest absolute Gasteiger partial charge is 0.416 e. The Morgan fingerprint density at radius 1 is 1.08 bits per heavy atom. The highest BCUT2D eigenvalue weighted by Crippen LogP contribution is 2.40. The molecule has 2 aromatic heterocycles. The summed E-state index contributed by atoms with van der Waals surface area (Å²) in [5, 5.41) is 5.83. The van der Waals surface area contributed by atoms with Gasteiger partial charge in [0.05, 0.1) is 22.4 Å². The number of amides is 1. The number of carbonyl (C=O) groups excluding carboxylic acids is 1. The lowest BCUT2D eigenvalue weighted by Gasteiger charge is -2.42. The van der Waals surface area contributed by atoms with Crippen LogP contribution in [0.5, 0.6) is 0 Å². The first-order valence-corrected chi connectivity index (χ1v) is 11.9. The van der Waals surface area contributed by atoms with E-state index < -0.39 is 28.8 Å². The van der Waals surface area contributed by atoms with Gasteiger partial charge in [-0.05, 0) is 61.9 Å². The molecule has 0 aliphatic carbocycles. The summed E-state index contributed by atoms with van der Waals surface area (Å²) in [5.74, 6) is -1.86. The summed E-state index contributed by atoms with van der Waals surface area (Å²) >= 11 is 0. The number of likely N-dealkylation sites (N-methyl/N-ethyl adjacent to an activating group) is 1. The van der Waals surface area contributed by atoms with Gasteiger partial charge in [0, 0.05) is 45.6 Å². The van der Waals surface area contributed by atoms with Gasteiger partial charge in [0.25, 0.3) is 0 Å². The van der Waals surface area contributed by atoms with Crippen LogP contribution in [0.25, 0.3) is 11.4 Å². The Morgan fingerprint density at radius 2 is 1.81 bits per heavy atom. The maximum atomic E-state index is 15.2. The maximum absolute atomic E-state index is 15.2. The van der Waals surface area contributed by atoms with E-state index in [1.807, 2.05) is 0 Å². The van der Waals surface area contributed by atoms with Crippen LogP contribution in [-0.4, -0.2) is 48.7 Å². The summed E-state index contributed by atoms with van der Waals surface area (Å²) in [6.45, 7) is 1.25. The van der Waals surface area contributed by atoms with E-state index >= 15 is 4.39 Å². The molecule has 3 aromatic rings. The summed E-state index contributed by atoms with van der Waals surface area (Å²) in [6, 6.07) is 7.25. The molecule has 11 heteroatoms. The lowest BCUT2D eigenvalue weighted by Crippen LogP contribution is -2.52. The number of hydrogen-bond acceptors (Lipinski definition) is 4. The molecule has 1 aliphatic rings. The average Bonchev–Trinajstić information content (AvgIpc) is 3.29. The van der Waals surface area contributed by atoms with Gasteiger partial charge < -0.3 is 20.1 Å². The quantitative estimate of drug-likeness (QED) is 0.361. The second-order valence-corrected chi connectivity index (χ2v) is 9.15. The van der Waals surface area contributed by atoms with E-state index in [0.29, 0.717) is 30.4 Å². The monoisotopic (exact) mass is 521 g/mol. The number of aryl methyl sites for hydroxylation is 1. The molecule has 0 radical (unpaired) electrons. The second-order valence-electron chi connectivity index (χ2n) is 9.15. The Labute approximate surface area is 211 Å². The molecule has 0 bridgehead atoms. The van der Waals surface area contributed by atoms with Crippen molar-refractivity contribution < 1.29 is 26.7 Å². The zero-order valence-electron chi connectivity index (χ0n) is 20.5. The number of rotatable bonds is 7. The van der Waals surface area contributed by atoms with Gasteiger partial charge in [-0.25, -0.2) is 8.78 Å². The molecule has 0 spiro atoms. The molecular formula is C26H28F5N5O. The molecule has 3 heterocycles. The predicted octanol–water partition coefficient (Wildman–Crippen LogP) is 4.26. The standard InChI is InChI=1S/C26H28F5N5O/c1-32-9-10-33-24(37)25(18-15-20(28)23(34-16-18)22-4-3-11-35(22)2)7-12-36(13-8-25)21-6-5-17(14-19(21)27)26(29,30)31/h3-6,11,14-16,32H,7-10,12-13H2,1-2H3,(H,33,37). The zero-order chi connectivity index (χ0) is 26.8. The van der Waals surface area contributed by atoms with Gasteiger partial charge in [0.2, 0.25) is 5.91 Å². The average molecular weight is 522 g/mol. The van der Waals surface area contributed by atoms with Crippen LogP contribution in [0, 0.1) is 11.6 Å². The third-order valence-electron chi connectivity index (χ3n) is 6.91. The first-order chi connectivity index (χ1) is 17.6. The zero-order valence-corrected chi connectivity index (χ0v) is 20.5. The van der Waals surface area contributed by atoms with E-state index in [-0.39, 0.29) is 43.2 Å². The molecule has 1 aromatic carbocycles. The van der Waals surface area contributed by atoms with Crippen LogP contribution >= 0.6 is 0 Å². The number of benzene rings is 1. The Balaban J connectivity index is 1.63. The van der Waals surface area contributed by atoms with Gasteiger partial charge >= 0.3 is 6.18 Å². The third kappa shape index (κ3) is 5.31. The van der Waals surface area contributed by atoms with Gasteiger partial charge in [0.15, 0.2) is 5.82 Å². The van der Waals surface area contributed by atoms with Crippen LogP contribution in [-0.2, 0) is 23.4 Å². The highest BCUT2D eigenvalue weighted by atomic mass is 19.4. The Morgan fingerprint density at radius 3 is 2.38 bits per heavy atom. The minimum atomic E-state index is -4.65. The molecule has 1 amide bonds. The van der Waals surface area contributed by atoms with E-state index in [2.05, 4.69) is 15.6 Å². The number of aromatic nitrogens is 2. The number of pyridine rings is 1. The number of anilines is 1. The van der Waals surface area contributed by atoms with Crippen LogP contribution in [0.2, 0.25) is 0 Å². The molecule has 6 nitrogen and oxygen atoms in total. The second kappa shape index (κ2) is 10.5. The normalized spacial score (nSPS) is 15.6. The summed E-state index contributed by atoms with van der Waals surface area (Å²) < 4.78 is 70.5. The van der Waals surface area contributed by atoms with Gasteiger partial charge in [-0.1, -0.05) is 0 Å². The fraction of sp³-hybridized carbons (Fsp3) is 0.385. The highest BCUT2D eigenvalue weighted by Gasteiger charge is 2.44. The third-order valence-corrected chi connectivity index (χ3v) is 6.91. The molecule has 0 unspecified atom stereocenters. The van der Waals surface area contributed by atoms with Crippen molar-refractivity contribution >= 4 is 11.6 Å². The minimum absolute atomic E-state index is 0.0283. The van der Waals surface area contributed by atoms with Gasteiger partial charge in [-0.2, -0.15) is 13.2 Å². The Bertz CT molecular complexity index is 1260. The van der Waals surface area contributed by atoms with E-state index in [1.54, 1.807) is 41.9 Å². The topological polar surface area (TPSA) is 62.2 Å². The number of piperidine rings is 1. The van der Waals surface area contributed by atoms with Crippen LogP contribution in [0.3, 0.4) is 0 Å². The SMILES string of the molecule is CNCCNC(=O)C1(c2cnc(-c3cccn3C)c(F)c2)CCN(c2ccc(C(F)(F)F)cc2F)CC1. The van der Waals surface area contributed by atoms with Crippen LogP contribution in [0.15, 0.2) is 48.8 Å². The van der Waals surface area contributed by atoms with Crippen molar-refractivity contribution in [1.29, 1.82) is 0 Å². The number of carbonyl (C=O) groups is 1. The number of alkyl halides is 3.